The number of carbonyl (C=O) groups is 6. The fourth-order valence-corrected chi connectivity index (χ4v) is 3.10. The van der Waals surface area contributed by atoms with E-state index in [1.165, 1.54) is 12.1 Å². The molecule has 0 aromatic heterocycles. The van der Waals surface area contributed by atoms with Gasteiger partial charge in [-0.1, -0.05) is 0 Å². The van der Waals surface area contributed by atoms with Crippen molar-refractivity contribution in [2.75, 3.05) is 9.80 Å². The molecule has 3 aliphatic rings. The Morgan fingerprint density at radius 3 is 1.96 bits per heavy atom. The number of fused-ring (bicyclic) bond motifs is 1. The molecule has 25 heavy (non-hydrogen) atoms. The van der Waals surface area contributed by atoms with Gasteiger partial charge in [0, 0.05) is 25.0 Å². The zero-order valence-electron chi connectivity index (χ0n) is 12.6. The zero-order chi connectivity index (χ0) is 17.9. The molecule has 0 bridgehead atoms. The summed E-state index contributed by atoms with van der Waals surface area (Å²) in [5, 5.41) is 2.08. The fourth-order valence-electron chi connectivity index (χ4n) is 3.10. The van der Waals surface area contributed by atoms with Crippen molar-refractivity contribution in [2.45, 2.75) is 12.8 Å². The number of imide groups is 3. The van der Waals surface area contributed by atoms with Crippen LogP contribution in [0, 0.1) is 0 Å². The van der Waals surface area contributed by atoms with Crippen molar-refractivity contribution >= 4 is 46.8 Å². The first-order chi connectivity index (χ1) is 11.9. The predicted octanol–water partition coefficient (Wildman–Crippen LogP) is -0.347. The molecule has 3 aliphatic heterocycles. The molecule has 1 aromatic rings. The Hall–Kier alpha value is -3.62. The second kappa shape index (κ2) is 4.94. The highest BCUT2D eigenvalue weighted by Gasteiger charge is 2.41. The van der Waals surface area contributed by atoms with Gasteiger partial charge in [-0.3, -0.25) is 34.1 Å². The lowest BCUT2D eigenvalue weighted by molar-refractivity contribution is -0.122. The van der Waals surface area contributed by atoms with E-state index in [-0.39, 0.29) is 35.3 Å². The molecule has 1 aromatic carbocycles. The molecule has 1 N–H and O–H groups in total. The van der Waals surface area contributed by atoms with Gasteiger partial charge in [-0.05, 0) is 12.1 Å². The minimum absolute atomic E-state index is 0.0133. The van der Waals surface area contributed by atoms with Crippen molar-refractivity contribution in [3.63, 3.8) is 0 Å². The van der Waals surface area contributed by atoms with Gasteiger partial charge < -0.3 is 0 Å². The topological polar surface area (TPSA) is 121 Å². The molecule has 1 saturated heterocycles. The molecule has 0 atom stereocenters. The first kappa shape index (κ1) is 14.9. The molecule has 4 rings (SSSR count). The molecule has 3 heterocycles. The van der Waals surface area contributed by atoms with Gasteiger partial charge in [0.05, 0.1) is 22.5 Å². The van der Waals surface area contributed by atoms with E-state index in [4.69, 9.17) is 0 Å². The third-order valence-corrected chi connectivity index (χ3v) is 4.18. The van der Waals surface area contributed by atoms with E-state index in [2.05, 4.69) is 5.32 Å². The highest BCUT2D eigenvalue weighted by atomic mass is 16.2. The Bertz CT molecular complexity index is 927. The minimum Gasteiger partial charge on any atom is -0.288 e. The summed E-state index contributed by atoms with van der Waals surface area (Å²) in [6.45, 7) is 0. The summed E-state index contributed by atoms with van der Waals surface area (Å²) in [5.74, 6) is -3.97. The average molecular weight is 339 g/mol. The van der Waals surface area contributed by atoms with E-state index in [0.29, 0.717) is 4.90 Å². The summed E-state index contributed by atoms with van der Waals surface area (Å²) in [5.41, 5.74) is -0.540. The van der Waals surface area contributed by atoms with E-state index >= 15 is 0 Å². The van der Waals surface area contributed by atoms with Gasteiger partial charge in [-0.2, -0.15) is 0 Å². The summed E-state index contributed by atoms with van der Waals surface area (Å²) < 4.78 is 0. The maximum absolute atomic E-state index is 12.2. The van der Waals surface area contributed by atoms with Gasteiger partial charge in [-0.25, -0.2) is 9.80 Å². The van der Waals surface area contributed by atoms with Crippen LogP contribution in [0.2, 0.25) is 0 Å². The third kappa shape index (κ3) is 1.95. The number of carbonyl (C=O) groups excluding carboxylic acids is 6. The van der Waals surface area contributed by atoms with E-state index < -0.39 is 35.4 Å². The molecule has 1 fully saturated rings. The number of hydrogen-bond acceptors (Lipinski definition) is 6. The molecule has 9 nitrogen and oxygen atoms in total. The van der Waals surface area contributed by atoms with Crippen molar-refractivity contribution in [3.05, 3.63) is 35.4 Å². The van der Waals surface area contributed by atoms with E-state index in [9.17, 15) is 28.8 Å². The SMILES string of the molecule is O=C1NC(=O)c2c1ccc(N1C(=O)CCC1=O)c2N1C(=O)C=CC1=O. The van der Waals surface area contributed by atoms with Crippen molar-refractivity contribution in [1.82, 2.24) is 5.32 Å². The predicted molar refractivity (Wildman–Crippen MR) is 81.6 cm³/mol. The number of hydrogen-bond donors (Lipinski definition) is 1. The Kier molecular flexibility index (Phi) is 2.95. The van der Waals surface area contributed by atoms with Crippen LogP contribution in [0.15, 0.2) is 24.3 Å². The molecular formula is C16H9N3O6. The summed E-state index contributed by atoms with van der Waals surface area (Å²) in [6.07, 6.45) is 1.99. The van der Waals surface area contributed by atoms with Crippen molar-refractivity contribution in [3.8, 4) is 0 Å². The third-order valence-electron chi connectivity index (χ3n) is 4.18. The molecule has 6 amide bonds. The average Bonchev–Trinajstić information content (AvgIpc) is 3.17. The van der Waals surface area contributed by atoms with Gasteiger partial charge in [0.1, 0.15) is 0 Å². The minimum atomic E-state index is -0.802. The maximum Gasteiger partial charge on any atom is 0.261 e. The quantitative estimate of drug-likeness (QED) is 0.735. The van der Waals surface area contributed by atoms with Crippen LogP contribution in [0.3, 0.4) is 0 Å². The number of anilines is 2. The van der Waals surface area contributed by atoms with Crippen molar-refractivity contribution in [2.24, 2.45) is 0 Å². The summed E-state index contributed by atoms with van der Waals surface area (Å²) in [7, 11) is 0. The van der Waals surface area contributed by atoms with Crippen LogP contribution in [-0.4, -0.2) is 35.4 Å². The molecule has 0 spiro atoms. The molecule has 0 aliphatic carbocycles. The highest BCUT2D eigenvalue weighted by Crippen LogP contribution is 2.40. The Balaban J connectivity index is 2.02. The van der Waals surface area contributed by atoms with Crippen LogP contribution in [0.25, 0.3) is 0 Å². The van der Waals surface area contributed by atoms with E-state index in [0.717, 1.165) is 17.1 Å². The normalized spacial score (nSPS) is 19.4. The molecule has 124 valence electrons. The monoisotopic (exact) mass is 339 g/mol. The molecular weight excluding hydrogens is 330 g/mol. The smallest absolute Gasteiger partial charge is 0.261 e. The van der Waals surface area contributed by atoms with Crippen LogP contribution in [0.1, 0.15) is 33.6 Å². The van der Waals surface area contributed by atoms with Crippen LogP contribution >= 0.6 is 0 Å². The fraction of sp³-hybridized carbons (Fsp3) is 0.125. The second-order valence-electron chi connectivity index (χ2n) is 5.61. The van der Waals surface area contributed by atoms with Gasteiger partial charge in [-0.15, -0.1) is 0 Å². The van der Waals surface area contributed by atoms with Gasteiger partial charge in [0.2, 0.25) is 11.8 Å². The largest absolute Gasteiger partial charge is 0.288 e. The van der Waals surface area contributed by atoms with Crippen LogP contribution in [0.5, 0.6) is 0 Å². The lowest BCUT2D eigenvalue weighted by atomic mass is 10.0. The van der Waals surface area contributed by atoms with Crippen LogP contribution in [0.4, 0.5) is 11.4 Å². The Labute approximate surface area is 139 Å². The van der Waals surface area contributed by atoms with Crippen LogP contribution in [-0.2, 0) is 19.2 Å². The van der Waals surface area contributed by atoms with Crippen molar-refractivity contribution in [1.29, 1.82) is 0 Å². The highest BCUT2D eigenvalue weighted by molar-refractivity contribution is 6.35. The van der Waals surface area contributed by atoms with Gasteiger partial charge in [0.15, 0.2) is 0 Å². The maximum atomic E-state index is 12.2. The Morgan fingerprint density at radius 1 is 0.760 bits per heavy atom. The number of benzene rings is 1. The Morgan fingerprint density at radius 2 is 1.36 bits per heavy atom. The lowest BCUT2D eigenvalue weighted by Crippen LogP contribution is -2.36. The van der Waals surface area contributed by atoms with E-state index in [1.54, 1.807) is 0 Å². The first-order valence-corrected chi connectivity index (χ1v) is 7.34. The zero-order valence-corrected chi connectivity index (χ0v) is 12.6. The second-order valence-corrected chi connectivity index (χ2v) is 5.61. The lowest BCUT2D eigenvalue weighted by Gasteiger charge is -2.24. The van der Waals surface area contributed by atoms with Gasteiger partial charge >= 0.3 is 0 Å². The van der Waals surface area contributed by atoms with Gasteiger partial charge in [0.25, 0.3) is 23.6 Å². The molecule has 9 heteroatoms. The molecule has 0 saturated carbocycles. The van der Waals surface area contributed by atoms with E-state index in [1.807, 2.05) is 0 Å². The molecule has 0 radical (unpaired) electrons. The summed E-state index contributed by atoms with van der Waals surface area (Å²) in [6, 6.07) is 2.57. The number of amides is 6. The number of nitrogens with zero attached hydrogens (tertiary/aromatic N) is 2. The molecule has 0 unspecified atom stereocenters. The standard InChI is InChI=1S/C16H9N3O6/c20-9-3-4-10(21)18(9)8-2-1-7-13(16(25)17-15(7)24)14(8)19-11(22)5-6-12(19)23/h1-2,5-6H,3-4H2,(H,17,24,25). The number of rotatable bonds is 2. The first-order valence-electron chi connectivity index (χ1n) is 7.34. The van der Waals surface area contributed by atoms with Crippen LogP contribution < -0.4 is 15.1 Å². The number of nitrogens with one attached hydrogen (secondary N) is 1. The van der Waals surface area contributed by atoms with Crippen molar-refractivity contribution < 1.29 is 28.8 Å². The summed E-state index contributed by atoms with van der Waals surface area (Å²) >= 11 is 0. The summed E-state index contributed by atoms with van der Waals surface area (Å²) in [4.78, 5) is 74.0.